The molecule has 4 rings (SSSR count). The van der Waals surface area contributed by atoms with E-state index in [4.69, 9.17) is 0 Å². The summed E-state index contributed by atoms with van der Waals surface area (Å²) in [6.07, 6.45) is 5.15. The molecular formula is C21H17N5O2S. The average Bonchev–Trinajstić information content (AvgIpc) is 3.47. The molecule has 4 aromatic rings. The first kappa shape index (κ1) is 18.6. The van der Waals surface area contributed by atoms with Crippen LogP contribution in [0.2, 0.25) is 0 Å². The van der Waals surface area contributed by atoms with Gasteiger partial charge in [0.25, 0.3) is 11.8 Å². The second kappa shape index (κ2) is 8.49. The van der Waals surface area contributed by atoms with Crippen LogP contribution in [-0.2, 0) is 6.54 Å². The highest BCUT2D eigenvalue weighted by Crippen LogP contribution is 2.17. The summed E-state index contributed by atoms with van der Waals surface area (Å²) in [4.78, 5) is 29.3. The number of aromatic nitrogens is 3. The Balaban J connectivity index is 1.45. The normalized spacial score (nSPS) is 10.5. The predicted molar refractivity (Wildman–Crippen MR) is 111 cm³/mol. The number of anilines is 1. The number of carbonyl (C=O) groups is 2. The molecule has 0 radical (unpaired) electrons. The number of pyridine rings is 1. The highest BCUT2D eigenvalue weighted by atomic mass is 32.1. The molecule has 0 saturated heterocycles. The topological polar surface area (TPSA) is 88.9 Å². The van der Waals surface area contributed by atoms with E-state index < -0.39 is 0 Å². The van der Waals surface area contributed by atoms with Crippen molar-refractivity contribution in [2.75, 3.05) is 5.32 Å². The largest absolute Gasteiger partial charge is 0.348 e. The van der Waals surface area contributed by atoms with Gasteiger partial charge in [-0.05, 0) is 47.3 Å². The molecule has 0 spiro atoms. The van der Waals surface area contributed by atoms with E-state index in [0.717, 1.165) is 5.56 Å². The van der Waals surface area contributed by atoms with Crippen molar-refractivity contribution < 1.29 is 9.59 Å². The maximum Gasteiger partial charge on any atom is 0.256 e. The van der Waals surface area contributed by atoms with E-state index in [9.17, 15) is 9.59 Å². The van der Waals surface area contributed by atoms with Crippen LogP contribution >= 0.6 is 11.3 Å². The Morgan fingerprint density at radius 1 is 1.03 bits per heavy atom. The lowest BCUT2D eigenvalue weighted by atomic mass is 10.1. The lowest BCUT2D eigenvalue weighted by molar-refractivity contribution is 0.0951. The zero-order valence-electron chi connectivity index (χ0n) is 15.3. The second-order valence-corrected chi connectivity index (χ2v) is 6.95. The van der Waals surface area contributed by atoms with Gasteiger partial charge in [0.15, 0.2) is 5.82 Å². The van der Waals surface area contributed by atoms with Gasteiger partial charge in [-0.25, -0.2) is 9.67 Å². The summed E-state index contributed by atoms with van der Waals surface area (Å²) in [5.41, 5.74) is 2.32. The van der Waals surface area contributed by atoms with Crippen molar-refractivity contribution in [1.82, 2.24) is 20.1 Å². The van der Waals surface area contributed by atoms with Gasteiger partial charge >= 0.3 is 0 Å². The van der Waals surface area contributed by atoms with Crippen molar-refractivity contribution in [3.8, 4) is 5.82 Å². The van der Waals surface area contributed by atoms with Gasteiger partial charge in [0.1, 0.15) is 0 Å². The Bertz CT molecular complexity index is 1120. The molecule has 144 valence electrons. The van der Waals surface area contributed by atoms with Crippen molar-refractivity contribution in [2.24, 2.45) is 0 Å². The fourth-order valence-corrected chi connectivity index (χ4v) is 3.39. The highest BCUT2D eigenvalue weighted by molar-refractivity contribution is 7.08. The number of benzene rings is 1. The monoisotopic (exact) mass is 403 g/mol. The molecule has 0 atom stereocenters. The maximum atomic E-state index is 12.7. The smallest absolute Gasteiger partial charge is 0.256 e. The zero-order chi connectivity index (χ0) is 20.1. The predicted octanol–water partition coefficient (Wildman–Crippen LogP) is 3.51. The number of para-hydroxylation sites is 1. The van der Waals surface area contributed by atoms with Crippen molar-refractivity contribution in [1.29, 1.82) is 0 Å². The Labute approximate surface area is 171 Å². The minimum absolute atomic E-state index is 0.246. The molecule has 0 saturated carbocycles. The quantitative estimate of drug-likeness (QED) is 0.516. The number of amides is 2. The summed E-state index contributed by atoms with van der Waals surface area (Å²) in [6.45, 7) is 0.322. The molecule has 3 aromatic heterocycles. The van der Waals surface area contributed by atoms with Crippen LogP contribution in [0.5, 0.6) is 0 Å². The Hall–Kier alpha value is -3.78. The molecule has 0 aliphatic carbocycles. The van der Waals surface area contributed by atoms with E-state index in [1.54, 1.807) is 59.0 Å². The van der Waals surface area contributed by atoms with E-state index in [-0.39, 0.29) is 11.8 Å². The third kappa shape index (κ3) is 4.39. The van der Waals surface area contributed by atoms with Gasteiger partial charge in [0.05, 0.1) is 16.8 Å². The van der Waals surface area contributed by atoms with E-state index in [0.29, 0.717) is 29.2 Å². The Kier molecular flexibility index (Phi) is 5.44. The summed E-state index contributed by atoms with van der Waals surface area (Å²) in [5, 5.41) is 13.4. The van der Waals surface area contributed by atoms with Gasteiger partial charge in [-0.1, -0.05) is 12.1 Å². The van der Waals surface area contributed by atoms with Crippen LogP contribution in [0.25, 0.3) is 5.82 Å². The first-order valence-electron chi connectivity index (χ1n) is 8.86. The number of nitrogens with zero attached hydrogens (tertiary/aromatic N) is 3. The minimum Gasteiger partial charge on any atom is -0.348 e. The summed E-state index contributed by atoms with van der Waals surface area (Å²) in [7, 11) is 0. The lowest BCUT2D eigenvalue weighted by Crippen LogP contribution is -2.25. The third-order valence-electron chi connectivity index (χ3n) is 4.21. The number of nitrogens with one attached hydrogen (secondary N) is 2. The Morgan fingerprint density at radius 2 is 1.93 bits per heavy atom. The first-order chi connectivity index (χ1) is 14.2. The number of carbonyl (C=O) groups excluding carboxylic acids is 2. The Morgan fingerprint density at radius 3 is 2.72 bits per heavy atom. The van der Waals surface area contributed by atoms with E-state index in [1.807, 2.05) is 23.6 Å². The molecule has 0 fully saturated rings. The molecule has 0 bridgehead atoms. The molecule has 29 heavy (non-hydrogen) atoms. The number of rotatable bonds is 6. The van der Waals surface area contributed by atoms with E-state index in [2.05, 4.69) is 20.7 Å². The molecule has 8 heteroatoms. The van der Waals surface area contributed by atoms with Gasteiger partial charge in [-0.2, -0.15) is 16.4 Å². The van der Waals surface area contributed by atoms with Crippen LogP contribution in [0.4, 0.5) is 5.69 Å². The van der Waals surface area contributed by atoms with Crippen molar-refractivity contribution in [3.05, 3.63) is 94.6 Å². The van der Waals surface area contributed by atoms with E-state index in [1.165, 1.54) is 11.3 Å². The molecule has 0 aliphatic heterocycles. The molecule has 3 heterocycles. The van der Waals surface area contributed by atoms with E-state index >= 15 is 0 Å². The van der Waals surface area contributed by atoms with Crippen LogP contribution in [0, 0.1) is 0 Å². The maximum absolute atomic E-state index is 12.7. The average molecular weight is 403 g/mol. The second-order valence-electron chi connectivity index (χ2n) is 6.17. The standard InChI is InChI=1S/C21H17N5O2S/c27-20(16-7-11-29-14-16)25-18-5-2-1-4-17(18)21(28)23-13-15-6-9-22-19(12-15)26-10-3-8-24-26/h1-12,14H,13H2,(H,23,28)(H,25,27). The fourth-order valence-electron chi connectivity index (χ4n) is 2.76. The van der Waals surface area contributed by atoms with Gasteiger partial charge in [-0.3, -0.25) is 9.59 Å². The SMILES string of the molecule is O=C(Nc1ccccc1C(=O)NCc1ccnc(-n2cccn2)c1)c1ccsc1. The number of thiophene rings is 1. The van der Waals surface area contributed by atoms with Gasteiger partial charge in [0, 0.05) is 30.5 Å². The zero-order valence-corrected chi connectivity index (χ0v) is 16.1. The number of hydrogen-bond donors (Lipinski definition) is 2. The van der Waals surface area contributed by atoms with Crippen LogP contribution in [0.3, 0.4) is 0 Å². The minimum atomic E-state index is -0.274. The van der Waals surface area contributed by atoms with Crippen LogP contribution in [0.15, 0.2) is 77.9 Å². The molecule has 0 unspecified atom stereocenters. The van der Waals surface area contributed by atoms with Crippen molar-refractivity contribution >= 4 is 28.8 Å². The van der Waals surface area contributed by atoms with Gasteiger partial charge < -0.3 is 10.6 Å². The third-order valence-corrected chi connectivity index (χ3v) is 4.89. The van der Waals surface area contributed by atoms with Crippen LogP contribution in [0.1, 0.15) is 26.3 Å². The fraction of sp³-hybridized carbons (Fsp3) is 0.0476. The molecule has 0 aliphatic rings. The highest BCUT2D eigenvalue weighted by Gasteiger charge is 2.14. The van der Waals surface area contributed by atoms with Crippen molar-refractivity contribution in [3.63, 3.8) is 0 Å². The summed E-state index contributed by atoms with van der Waals surface area (Å²) >= 11 is 1.44. The van der Waals surface area contributed by atoms with Gasteiger partial charge in [-0.15, -0.1) is 0 Å². The molecule has 1 aromatic carbocycles. The molecule has 2 amide bonds. The molecule has 7 nitrogen and oxygen atoms in total. The summed E-state index contributed by atoms with van der Waals surface area (Å²) in [6, 6.07) is 14.2. The van der Waals surface area contributed by atoms with Crippen LogP contribution in [-0.4, -0.2) is 26.6 Å². The summed E-state index contributed by atoms with van der Waals surface area (Å²) < 4.78 is 1.65. The van der Waals surface area contributed by atoms with Crippen LogP contribution < -0.4 is 10.6 Å². The summed E-state index contributed by atoms with van der Waals surface area (Å²) in [5.74, 6) is 0.151. The molecule has 2 N–H and O–H groups in total. The first-order valence-corrected chi connectivity index (χ1v) is 9.81. The number of hydrogen-bond acceptors (Lipinski definition) is 5. The lowest BCUT2D eigenvalue weighted by Gasteiger charge is -2.11. The van der Waals surface area contributed by atoms with Crippen molar-refractivity contribution in [2.45, 2.75) is 6.54 Å². The van der Waals surface area contributed by atoms with Gasteiger partial charge in [0.2, 0.25) is 0 Å². The molecular weight excluding hydrogens is 386 g/mol.